The lowest BCUT2D eigenvalue weighted by Gasteiger charge is -2.22. The topological polar surface area (TPSA) is 49.8 Å². The number of nitrogens with zero attached hydrogens (tertiary/aromatic N) is 1. The molecule has 0 fully saturated rings. The van der Waals surface area contributed by atoms with Crippen LogP contribution in [0.5, 0.6) is 11.5 Å². The standard InChI is InChI=1S/C17H19NO3/c1-18(13-7-12-17(19)20)15-10-5-6-11-16(15)21-14-8-3-2-4-9-14/h2-6,8-11H,7,12-13H2,1H3,(H,19,20). The average Bonchev–Trinajstić information content (AvgIpc) is 2.48. The SMILES string of the molecule is CN(CCCC(=O)O)c1ccccc1Oc1ccccc1. The van der Waals surface area contributed by atoms with Gasteiger partial charge in [0.15, 0.2) is 5.75 Å². The van der Waals surface area contributed by atoms with Crippen LogP contribution < -0.4 is 9.64 Å². The number of carbonyl (C=O) groups is 1. The van der Waals surface area contributed by atoms with Crippen LogP contribution in [0.4, 0.5) is 5.69 Å². The van der Waals surface area contributed by atoms with Gasteiger partial charge in [-0.3, -0.25) is 4.79 Å². The highest BCUT2D eigenvalue weighted by atomic mass is 16.5. The summed E-state index contributed by atoms with van der Waals surface area (Å²) in [6, 6.07) is 17.4. The third kappa shape index (κ3) is 4.53. The molecule has 4 nitrogen and oxygen atoms in total. The molecule has 2 aromatic rings. The number of hydrogen-bond acceptors (Lipinski definition) is 3. The smallest absolute Gasteiger partial charge is 0.303 e. The van der Waals surface area contributed by atoms with E-state index >= 15 is 0 Å². The lowest BCUT2D eigenvalue weighted by atomic mass is 10.2. The van der Waals surface area contributed by atoms with E-state index in [4.69, 9.17) is 9.84 Å². The number of para-hydroxylation sites is 3. The minimum absolute atomic E-state index is 0.173. The van der Waals surface area contributed by atoms with Crippen LogP contribution in [0.15, 0.2) is 54.6 Å². The highest BCUT2D eigenvalue weighted by molar-refractivity contribution is 5.66. The van der Waals surface area contributed by atoms with E-state index in [9.17, 15) is 4.79 Å². The third-order valence-electron chi connectivity index (χ3n) is 3.13. The van der Waals surface area contributed by atoms with Gasteiger partial charge < -0.3 is 14.7 Å². The number of ether oxygens (including phenoxy) is 1. The second-order valence-electron chi connectivity index (χ2n) is 4.80. The number of benzene rings is 2. The molecule has 1 N–H and O–H groups in total. The van der Waals surface area contributed by atoms with E-state index in [1.165, 1.54) is 0 Å². The molecule has 0 radical (unpaired) electrons. The first-order chi connectivity index (χ1) is 10.2. The molecule has 0 saturated carbocycles. The molecule has 0 spiro atoms. The molecular weight excluding hydrogens is 266 g/mol. The van der Waals surface area contributed by atoms with Crippen LogP contribution in [0.2, 0.25) is 0 Å². The summed E-state index contributed by atoms with van der Waals surface area (Å²) in [4.78, 5) is 12.6. The summed E-state index contributed by atoms with van der Waals surface area (Å²) in [5.74, 6) is 0.780. The molecule has 110 valence electrons. The fourth-order valence-corrected chi connectivity index (χ4v) is 2.06. The third-order valence-corrected chi connectivity index (χ3v) is 3.13. The molecule has 0 bridgehead atoms. The first-order valence-electron chi connectivity index (χ1n) is 6.91. The lowest BCUT2D eigenvalue weighted by molar-refractivity contribution is -0.137. The summed E-state index contributed by atoms with van der Waals surface area (Å²) in [6.45, 7) is 0.668. The van der Waals surface area contributed by atoms with Crippen molar-refractivity contribution in [2.45, 2.75) is 12.8 Å². The Bertz CT molecular complexity index is 584. The van der Waals surface area contributed by atoms with E-state index in [1.807, 2.05) is 66.5 Å². The highest BCUT2D eigenvalue weighted by Gasteiger charge is 2.09. The van der Waals surface area contributed by atoms with Gasteiger partial charge in [0.2, 0.25) is 0 Å². The van der Waals surface area contributed by atoms with Crippen LogP contribution in [0.3, 0.4) is 0 Å². The molecule has 0 aliphatic rings. The Balaban J connectivity index is 2.07. The molecule has 0 amide bonds. The molecule has 0 heterocycles. The molecule has 2 rings (SSSR count). The fraction of sp³-hybridized carbons (Fsp3) is 0.235. The minimum atomic E-state index is -0.766. The van der Waals surface area contributed by atoms with E-state index in [1.54, 1.807) is 0 Å². The van der Waals surface area contributed by atoms with Crippen LogP contribution in [-0.2, 0) is 4.79 Å². The maximum Gasteiger partial charge on any atom is 0.303 e. The van der Waals surface area contributed by atoms with Gasteiger partial charge in [0.25, 0.3) is 0 Å². The largest absolute Gasteiger partial charge is 0.481 e. The van der Waals surface area contributed by atoms with Crippen molar-refractivity contribution in [3.63, 3.8) is 0 Å². The van der Waals surface area contributed by atoms with Crippen molar-refractivity contribution < 1.29 is 14.6 Å². The van der Waals surface area contributed by atoms with Crippen molar-refractivity contribution in [1.29, 1.82) is 0 Å². The highest BCUT2D eigenvalue weighted by Crippen LogP contribution is 2.31. The van der Waals surface area contributed by atoms with E-state index in [-0.39, 0.29) is 6.42 Å². The average molecular weight is 285 g/mol. The molecule has 0 aliphatic heterocycles. The second kappa shape index (κ2) is 7.33. The van der Waals surface area contributed by atoms with Crippen molar-refractivity contribution in [3.05, 3.63) is 54.6 Å². The van der Waals surface area contributed by atoms with Crippen LogP contribution >= 0.6 is 0 Å². The Hall–Kier alpha value is -2.49. The minimum Gasteiger partial charge on any atom is -0.481 e. The Labute approximate surface area is 124 Å². The zero-order chi connectivity index (χ0) is 15.1. The van der Waals surface area contributed by atoms with Gasteiger partial charge in [0.05, 0.1) is 5.69 Å². The van der Waals surface area contributed by atoms with Gasteiger partial charge in [0.1, 0.15) is 5.75 Å². The maximum atomic E-state index is 10.6. The lowest BCUT2D eigenvalue weighted by Crippen LogP contribution is -2.19. The van der Waals surface area contributed by atoms with E-state index in [0.29, 0.717) is 13.0 Å². The zero-order valence-electron chi connectivity index (χ0n) is 12.0. The molecule has 0 aromatic heterocycles. The molecule has 0 aliphatic carbocycles. The van der Waals surface area contributed by atoms with Crippen LogP contribution in [0.1, 0.15) is 12.8 Å². The first-order valence-corrected chi connectivity index (χ1v) is 6.91. The first kappa shape index (κ1) is 14.9. The van der Waals surface area contributed by atoms with Gasteiger partial charge in [0, 0.05) is 20.0 Å². The van der Waals surface area contributed by atoms with Gasteiger partial charge in [-0.1, -0.05) is 30.3 Å². The molecule has 4 heteroatoms. The summed E-state index contributed by atoms with van der Waals surface area (Å²) in [6.07, 6.45) is 0.775. The molecule has 21 heavy (non-hydrogen) atoms. The van der Waals surface area contributed by atoms with Gasteiger partial charge in [-0.05, 0) is 30.7 Å². The van der Waals surface area contributed by atoms with Crippen molar-refractivity contribution in [3.8, 4) is 11.5 Å². The Kier molecular flexibility index (Phi) is 5.21. The van der Waals surface area contributed by atoms with Crippen molar-refractivity contribution in [2.24, 2.45) is 0 Å². The summed E-state index contributed by atoms with van der Waals surface area (Å²) in [5, 5.41) is 8.70. The van der Waals surface area contributed by atoms with E-state index < -0.39 is 5.97 Å². The predicted octanol–water partition coefficient (Wildman–Crippen LogP) is 3.78. The van der Waals surface area contributed by atoms with Crippen molar-refractivity contribution >= 4 is 11.7 Å². The van der Waals surface area contributed by atoms with Gasteiger partial charge >= 0.3 is 5.97 Å². The fourth-order valence-electron chi connectivity index (χ4n) is 2.06. The maximum absolute atomic E-state index is 10.6. The molecule has 0 saturated heterocycles. The quantitative estimate of drug-likeness (QED) is 0.841. The summed E-state index contributed by atoms with van der Waals surface area (Å²) < 4.78 is 5.90. The Morgan fingerprint density at radius 1 is 1.10 bits per heavy atom. The van der Waals surface area contributed by atoms with Crippen molar-refractivity contribution in [2.75, 3.05) is 18.5 Å². The Morgan fingerprint density at radius 2 is 1.76 bits per heavy atom. The predicted molar refractivity (Wildman–Crippen MR) is 83.1 cm³/mol. The Morgan fingerprint density at radius 3 is 2.48 bits per heavy atom. The van der Waals surface area contributed by atoms with E-state index in [0.717, 1.165) is 17.2 Å². The van der Waals surface area contributed by atoms with E-state index in [2.05, 4.69) is 0 Å². The summed E-state index contributed by atoms with van der Waals surface area (Å²) >= 11 is 0. The number of hydrogen-bond donors (Lipinski definition) is 1. The summed E-state index contributed by atoms with van der Waals surface area (Å²) in [7, 11) is 1.94. The van der Waals surface area contributed by atoms with Gasteiger partial charge in [-0.25, -0.2) is 0 Å². The van der Waals surface area contributed by atoms with Gasteiger partial charge in [-0.2, -0.15) is 0 Å². The molecular formula is C17H19NO3. The number of carboxylic acids is 1. The van der Waals surface area contributed by atoms with Crippen LogP contribution in [-0.4, -0.2) is 24.7 Å². The number of carboxylic acid groups (broad SMARTS) is 1. The van der Waals surface area contributed by atoms with Gasteiger partial charge in [-0.15, -0.1) is 0 Å². The van der Waals surface area contributed by atoms with Crippen molar-refractivity contribution in [1.82, 2.24) is 0 Å². The monoisotopic (exact) mass is 285 g/mol. The second-order valence-corrected chi connectivity index (χ2v) is 4.80. The molecule has 0 atom stereocenters. The normalized spacial score (nSPS) is 10.1. The number of aliphatic carboxylic acids is 1. The molecule has 2 aromatic carbocycles. The van der Waals surface area contributed by atoms with Crippen LogP contribution in [0.25, 0.3) is 0 Å². The zero-order valence-corrected chi connectivity index (χ0v) is 12.0. The number of anilines is 1. The number of rotatable bonds is 7. The summed E-state index contributed by atoms with van der Waals surface area (Å²) in [5.41, 5.74) is 0.951. The molecule has 0 unspecified atom stereocenters. The van der Waals surface area contributed by atoms with Crippen LogP contribution in [0, 0.1) is 0 Å².